The molecule has 0 radical (unpaired) electrons. The Bertz CT molecular complexity index is 2320. The smallest absolute Gasteiger partial charge is 0.326 e. The molecule has 7 amide bonds. The number of carboxylic acids is 3. The van der Waals surface area contributed by atoms with Crippen LogP contribution in [0.1, 0.15) is 93.7 Å². The summed E-state index contributed by atoms with van der Waals surface area (Å²) in [4.78, 5) is 118. The van der Waals surface area contributed by atoms with Crippen LogP contribution in [-0.2, 0) is 57.7 Å². The summed E-state index contributed by atoms with van der Waals surface area (Å²) in [5, 5.41) is 47.3. The first-order chi connectivity index (χ1) is 35.0. The number of nitrogens with zero attached hydrogens (tertiary/aromatic N) is 4. The summed E-state index contributed by atoms with van der Waals surface area (Å²) < 4.78 is 0. The van der Waals surface area contributed by atoms with Gasteiger partial charge in [0.1, 0.15) is 24.2 Å². The van der Waals surface area contributed by atoms with Crippen molar-refractivity contribution in [1.82, 2.24) is 36.8 Å². The minimum absolute atomic E-state index is 0.0389. The number of carbonyl (C=O) groups excluding carboxylic acids is 6. The van der Waals surface area contributed by atoms with E-state index in [-0.39, 0.29) is 89.5 Å². The molecule has 73 heavy (non-hydrogen) atoms. The predicted molar refractivity (Wildman–Crippen MR) is 269 cm³/mol. The minimum atomic E-state index is -1.54. The van der Waals surface area contributed by atoms with Gasteiger partial charge in [0.05, 0.1) is 0 Å². The van der Waals surface area contributed by atoms with Gasteiger partial charge < -0.3 is 52.1 Å². The van der Waals surface area contributed by atoms with Crippen molar-refractivity contribution in [3.05, 3.63) is 117 Å². The number of urea groups is 1. The molecule has 3 aromatic rings. The molecule has 394 valence electrons. The third-order valence-electron chi connectivity index (χ3n) is 11.3. The maximum atomic E-state index is 13.8. The topological polar surface area (TPSA) is 338 Å². The van der Waals surface area contributed by atoms with E-state index in [9.17, 15) is 53.4 Å². The maximum absolute atomic E-state index is 13.8. The molecule has 4 atom stereocenters. The van der Waals surface area contributed by atoms with E-state index in [0.717, 1.165) is 16.7 Å². The van der Waals surface area contributed by atoms with Gasteiger partial charge in [-0.1, -0.05) is 95.9 Å². The van der Waals surface area contributed by atoms with Crippen LogP contribution < -0.4 is 31.9 Å². The van der Waals surface area contributed by atoms with Gasteiger partial charge in [-0.2, -0.15) is 0 Å². The van der Waals surface area contributed by atoms with Gasteiger partial charge in [0.15, 0.2) is 0 Å². The number of aliphatic carboxylic acids is 3. The SMILES string of the molecule is [N-]=[N+]=NCCCNC(=O)[C@H](Cc1ccccc1)NC(=O)[C@H](Cc1ccccc1)NC(=O)CCC(=O)NCCCCCC(=O)N(CCCC[C@H](NC(=O)N[C@@H](CCC(=O)O)C(=O)O)C(=O)O)Cc1ccc(Cl)cc1. The molecule has 22 nitrogen and oxygen atoms in total. The van der Waals surface area contributed by atoms with Crippen LogP contribution in [0, 0.1) is 0 Å². The fourth-order valence-electron chi connectivity index (χ4n) is 7.36. The summed E-state index contributed by atoms with van der Waals surface area (Å²) in [7, 11) is 0. The molecule has 0 aromatic heterocycles. The van der Waals surface area contributed by atoms with Crippen LogP contribution in [0.3, 0.4) is 0 Å². The highest BCUT2D eigenvalue weighted by Crippen LogP contribution is 2.15. The Balaban J connectivity index is 1.48. The molecule has 9 N–H and O–H groups in total. The van der Waals surface area contributed by atoms with Gasteiger partial charge >= 0.3 is 23.9 Å². The first kappa shape index (κ1) is 59.6. The fourth-order valence-corrected chi connectivity index (χ4v) is 7.49. The summed E-state index contributed by atoms with van der Waals surface area (Å²) >= 11 is 6.06. The van der Waals surface area contributed by atoms with E-state index in [0.29, 0.717) is 37.1 Å². The van der Waals surface area contributed by atoms with Crippen molar-refractivity contribution >= 4 is 65.1 Å². The van der Waals surface area contributed by atoms with Crippen molar-refractivity contribution in [2.45, 2.75) is 121 Å². The van der Waals surface area contributed by atoms with E-state index in [1.807, 2.05) is 36.4 Å². The molecule has 0 bridgehead atoms. The maximum Gasteiger partial charge on any atom is 0.326 e. The fraction of sp³-hybridized carbons (Fsp3) is 0.460. The quantitative estimate of drug-likeness (QED) is 0.0168. The summed E-state index contributed by atoms with van der Waals surface area (Å²) in [5.74, 6) is -6.22. The summed E-state index contributed by atoms with van der Waals surface area (Å²) in [5.41, 5.74) is 10.9. The van der Waals surface area contributed by atoms with Gasteiger partial charge in [-0.25, -0.2) is 14.4 Å². The van der Waals surface area contributed by atoms with Crippen LogP contribution in [0.5, 0.6) is 0 Å². The molecule has 23 heteroatoms. The zero-order valence-corrected chi connectivity index (χ0v) is 41.3. The van der Waals surface area contributed by atoms with Crippen molar-refractivity contribution in [2.24, 2.45) is 5.11 Å². The minimum Gasteiger partial charge on any atom is -0.481 e. The van der Waals surface area contributed by atoms with Crippen LogP contribution in [0.25, 0.3) is 10.4 Å². The lowest BCUT2D eigenvalue weighted by Gasteiger charge is -2.24. The Morgan fingerprint density at radius 3 is 1.73 bits per heavy atom. The molecular formula is C50H65ClN10O12. The van der Waals surface area contributed by atoms with E-state index >= 15 is 0 Å². The Hall–Kier alpha value is -7.71. The Kier molecular flexibility index (Phi) is 27.6. The van der Waals surface area contributed by atoms with Gasteiger partial charge in [-0.05, 0) is 79.3 Å². The van der Waals surface area contributed by atoms with E-state index in [2.05, 4.69) is 41.9 Å². The lowest BCUT2D eigenvalue weighted by atomic mass is 10.0. The molecule has 0 spiro atoms. The van der Waals surface area contributed by atoms with E-state index in [4.69, 9.17) is 22.2 Å². The number of nitrogens with one attached hydrogen (secondary N) is 6. The number of halogens is 1. The number of carboxylic acid groups (broad SMARTS) is 3. The second kappa shape index (κ2) is 33.8. The van der Waals surface area contributed by atoms with Gasteiger partial charge in [0.2, 0.25) is 29.5 Å². The number of hydrogen-bond donors (Lipinski definition) is 9. The number of azide groups is 1. The summed E-state index contributed by atoms with van der Waals surface area (Å²) in [6.07, 6.45) is 1.79. The number of unbranched alkanes of at least 4 members (excludes halogenated alkanes) is 3. The van der Waals surface area contributed by atoms with Crippen LogP contribution in [0.15, 0.2) is 90.0 Å². The van der Waals surface area contributed by atoms with Gasteiger partial charge in [0, 0.05) is 81.2 Å². The zero-order chi connectivity index (χ0) is 53.4. The molecule has 0 unspecified atom stereocenters. The summed E-state index contributed by atoms with van der Waals surface area (Å²) in [6.45, 7) is 1.20. The van der Waals surface area contributed by atoms with Crippen molar-refractivity contribution in [3.8, 4) is 0 Å². The molecule has 0 fully saturated rings. The Morgan fingerprint density at radius 2 is 1.14 bits per heavy atom. The first-order valence-electron chi connectivity index (χ1n) is 24.0. The monoisotopic (exact) mass is 1030 g/mol. The first-order valence-corrected chi connectivity index (χ1v) is 24.4. The van der Waals surface area contributed by atoms with Crippen molar-refractivity contribution in [1.29, 1.82) is 0 Å². The highest BCUT2D eigenvalue weighted by atomic mass is 35.5. The zero-order valence-electron chi connectivity index (χ0n) is 40.5. The average molecular weight is 1030 g/mol. The third kappa shape index (κ3) is 25.3. The highest BCUT2D eigenvalue weighted by molar-refractivity contribution is 6.30. The van der Waals surface area contributed by atoms with Crippen LogP contribution >= 0.6 is 11.6 Å². The van der Waals surface area contributed by atoms with E-state index in [1.165, 1.54) is 0 Å². The number of rotatable bonds is 35. The Morgan fingerprint density at radius 1 is 0.562 bits per heavy atom. The van der Waals surface area contributed by atoms with Crippen molar-refractivity contribution < 1.29 is 58.5 Å². The second-order valence-electron chi connectivity index (χ2n) is 17.1. The molecule has 0 saturated heterocycles. The highest BCUT2D eigenvalue weighted by Gasteiger charge is 2.28. The van der Waals surface area contributed by atoms with Crippen LogP contribution in [0.2, 0.25) is 5.02 Å². The average Bonchev–Trinajstić information content (AvgIpc) is 3.36. The molecule has 0 aliphatic carbocycles. The number of benzene rings is 3. The molecule has 0 heterocycles. The predicted octanol–water partition coefficient (Wildman–Crippen LogP) is 4.64. The van der Waals surface area contributed by atoms with Crippen LogP contribution in [0.4, 0.5) is 4.79 Å². The van der Waals surface area contributed by atoms with Crippen molar-refractivity contribution in [3.63, 3.8) is 0 Å². The molecule has 0 aliphatic rings. The van der Waals surface area contributed by atoms with E-state index < -0.39 is 78.7 Å². The molecule has 0 saturated carbocycles. The molecule has 3 aromatic carbocycles. The molecule has 3 rings (SSSR count). The van der Waals surface area contributed by atoms with Crippen LogP contribution in [-0.4, -0.2) is 124 Å². The normalized spacial score (nSPS) is 12.3. The lowest BCUT2D eigenvalue weighted by Crippen LogP contribution is -2.55. The van der Waals surface area contributed by atoms with Crippen molar-refractivity contribution in [2.75, 3.05) is 26.2 Å². The molecular weight excluding hydrogens is 968 g/mol. The lowest BCUT2D eigenvalue weighted by molar-refractivity contribution is -0.141. The number of carbonyl (C=O) groups is 9. The van der Waals surface area contributed by atoms with Gasteiger partial charge in [0.25, 0.3) is 0 Å². The summed E-state index contributed by atoms with van der Waals surface area (Å²) in [6, 6.07) is 19.0. The number of amides is 7. The number of hydrogen-bond acceptors (Lipinski definition) is 10. The van der Waals surface area contributed by atoms with E-state index in [1.54, 1.807) is 53.4 Å². The largest absolute Gasteiger partial charge is 0.481 e. The van der Waals surface area contributed by atoms with Gasteiger partial charge in [-0.3, -0.25) is 28.8 Å². The molecule has 0 aliphatic heterocycles. The van der Waals surface area contributed by atoms with Gasteiger partial charge in [-0.15, -0.1) is 0 Å². The Labute approximate surface area is 428 Å². The second-order valence-corrected chi connectivity index (χ2v) is 17.5. The third-order valence-corrected chi connectivity index (χ3v) is 11.5. The standard InChI is InChI=1S/C50H65ClN10O12/c51-37-21-19-36(20-22-37)33-61(30-11-9-17-38(48(69)70)58-50(73)59-39(49(71)72)23-26-45(65)66)44(64)18-8-3-10-27-53-42(62)24-25-43(63)56-41(32-35-15-6-2-7-16-35)47(68)57-40(31-34-13-4-1-5-14-34)46(67)54-28-12-29-55-60-52/h1-2,4-7,13-16,19-22,38-41H,3,8-12,17-18,23-33H2,(H,53,62)(H,54,67)(H,56,63)(H,57,68)(H,65,66)(H,69,70)(H,71,72)(H2,58,59,73)/t38-,39-,40-,41-/m0/s1.